The predicted octanol–water partition coefficient (Wildman–Crippen LogP) is 0.643. The molecule has 11 nitrogen and oxygen atoms in total. The minimum atomic E-state index is -0.722. The fraction of sp³-hybridized carbons (Fsp3) is 0.556. The van der Waals surface area contributed by atoms with Gasteiger partial charge in [0.15, 0.2) is 0 Å². The van der Waals surface area contributed by atoms with Crippen molar-refractivity contribution in [2.75, 3.05) is 51.1 Å². The van der Waals surface area contributed by atoms with Crippen LogP contribution in [0.1, 0.15) is 24.8 Å². The number of carbonyl (C=O) groups excluding carboxylic acids is 2. The molecule has 12 heteroatoms. The summed E-state index contributed by atoms with van der Waals surface area (Å²) in [7, 11) is 0. The summed E-state index contributed by atoms with van der Waals surface area (Å²) in [6.07, 6.45) is 4.97. The zero-order valence-electron chi connectivity index (χ0n) is 22.0. The summed E-state index contributed by atoms with van der Waals surface area (Å²) in [5.74, 6) is 1.53. The Hall–Kier alpha value is -2.99. The van der Waals surface area contributed by atoms with Crippen molar-refractivity contribution >= 4 is 30.2 Å². The quantitative estimate of drug-likeness (QED) is 0.474. The van der Waals surface area contributed by atoms with Crippen LogP contribution in [0.25, 0.3) is 5.69 Å². The highest BCUT2D eigenvalue weighted by Gasteiger charge is 2.53. The summed E-state index contributed by atoms with van der Waals surface area (Å²) in [5, 5.41) is 2.72. The second-order valence-electron chi connectivity index (χ2n) is 11.3. The van der Waals surface area contributed by atoms with Crippen LogP contribution in [0.15, 0.2) is 41.3 Å². The van der Waals surface area contributed by atoms with E-state index in [1.807, 2.05) is 18.2 Å². The second-order valence-corrected chi connectivity index (χ2v) is 11.3. The van der Waals surface area contributed by atoms with Gasteiger partial charge in [-0.15, -0.1) is 12.4 Å². The number of urea groups is 1. The standard InChI is InChI=1S/C27H36N8O3.ClH/c28-23-20-16-32(17-21(20)23)9-5-18-3-1-4-19(15-18)35-10-6-22(31-26(35)38)30-25(37)34-13-11-33(12-14-34)24(36)27(29)7-2-8-27;/h1,3-4,6,10,15,20-21,23H,2,5,7-9,11-14,16-17,28-29H2,(H,30,31,37,38);1H. The van der Waals surface area contributed by atoms with Crippen molar-refractivity contribution in [3.05, 3.63) is 52.6 Å². The van der Waals surface area contributed by atoms with Crippen LogP contribution in [0, 0.1) is 11.8 Å². The minimum absolute atomic E-state index is 0. The molecule has 3 amide bonds. The number of halogens is 1. The number of likely N-dealkylation sites (tertiary alicyclic amines) is 1. The van der Waals surface area contributed by atoms with E-state index in [1.165, 1.54) is 4.57 Å². The minimum Gasteiger partial charge on any atom is -0.338 e. The number of piperidine rings is 1. The number of rotatable bonds is 6. The Balaban J connectivity index is 0.00000308. The van der Waals surface area contributed by atoms with Gasteiger partial charge < -0.3 is 26.2 Å². The molecule has 210 valence electrons. The molecular formula is C27H37ClN8O3. The lowest BCUT2D eigenvalue weighted by Crippen LogP contribution is -2.63. The highest BCUT2D eigenvalue weighted by Crippen LogP contribution is 2.43. The SMILES string of the molecule is Cl.NC1C2CN(CCc3cccc(-n4ccc(NC(=O)N5CCN(C(=O)C6(N)CCC6)CC5)nc4=O)c3)CC12. The molecule has 2 aliphatic heterocycles. The average Bonchev–Trinajstić information content (AvgIpc) is 3.29. The molecule has 39 heavy (non-hydrogen) atoms. The Morgan fingerprint density at radius 2 is 1.74 bits per heavy atom. The van der Waals surface area contributed by atoms with Crippen molar-refractivity contribution < 1.29 is 9.59 Å². The van der Waals surface area contributed by atoms with Crippen molar-refractivity contribution in [1.82, 2.24) is 24.3 Å². The molecule has 2 saturated carbocycles. The van der Waals surface area contributed by atoms with Crippen LogP contribution in [-0.2, 0) is 11.2 Å². The van der Waals surface area contributed by atoms with Crippen LogP contribution in [0.5, 0.6) is 0 Å². The van der Waals surface area contributed by atoms with E-state index in [0.717, 1.165) is 56.6 Å². The first-order valence-corrected chi connectivity index (χ1v) is 13.6. The van der Waals surface area contributed by atoms with Crippen LogP contribution in [0.2, 0.25) is 0 Å². The Labute approximate surface area is 233 Å². The third-order valence-electron chi connectivity index (χ3n) is 8.81. The van der Waals surface area contributed by atoms with Gasteiger partial charge >= 0.3 is 11.7 Å². The lowest BCUT2D eigenvalue weighted by Gasteiger charge is -2.43. The molecule has 2 saturated heterocycles. The highest BCUT2D eigenvalue weighted by atomic mass is 35.5. The average molecular weight is 557 g/mol. The topological polar surface area (TPSA) is 143 Å². The number of hydrogen-bond acceptors (Lipinski definition) is 7. The van der Waals surface area contributed by atoms with Crippen molar-refractivity contribution in [2.45, 2.75) is 37.3 Å². The first-order chi connectivity index (χ1) is 18.3. The van der Waals surface area contributed by atoms with E-state index >= 15 is 0 Å². The molecule has 0 spiro atoms. The number of hydrogen-bond donors (Lipinski definition) is 3. The van der Waals surface area contributed by atoms with Crippen molar-refractivity contribution in [1.29, 1.82) is 0 Å². The Kier molecular flexibility index (Phi) is 7.69. The van der Waals surface area contributed by atoms with Crippen molar-refractivity contribution in [3.8, 4) is 5.69 Å². The maximum absolute atomic E-state index is 12.8. The van der Waals surface area contributed by atoms with Crippen LogP contribution in [-0.4, -0.2) is 93.6 Å². The number of nitrogens with two attached hydrogens (primary N) is 2. The third kappa shape index (κ3) is 5.54. The normalized spacial score (nSPS) is 25.3. The summed E-state index contributed by atoms with van der Waals surface area (Å²) in [5.41, 5.74) is 12.9. The molecule has 3 heterocycles. The molecular weight excluding hydrogens is 520 g/mol. The monoisotopic (exact) mass is 556 g/mol. The number of nitrogens with zero attached hydrogens (tertiary/aromatic N) is 5. The van der Waals surface area contributed by atoms with Gasteiger partial charge in [0.25, 0.3) is 0 Å². The van der Waals surface area contributed by atoms with Crippen molar-refractivity contribution in [3.63, 3.8) is 0 Å². The predicted molar refractivity (Wildman–Crippen MR) is 150 cm³/mol. The van der Waals surface area contributed by atoms with E-state index in [1.54, 1.807) is 22.1 Å². The molecule has 4 fully saturated rings. The molecule has 2 unspecified atom stereocenters. The van der Waals surface area contributed by atoms with Crippen LogP contribution < -0.4 is 22.5 Å². The molecule has 5 N–H and O–H groups in total. The Bertz CT molecular complexity index is 1280. The summed E-state index contributed by atoms with van der Waals surface area (Å²) in [6.45, 7) is 4.86. The number of benzene rings is 1. The fourth-order valence-electron chi connectivity index (χ4n) is 6.05. The van der Waals surface area contributed by atoms with Crippen LogP contribution in [0.4, 0.5) is 10.6 Å². The first kappa shape index (κ1) is 27.6. The number of nitrogens with one attached hydrogen (secondary N) is 1. The molecule has 4 aliphatic rings. The van der Waals surface area contributed by atoms with Gasteiger partial charge in [-0.3, -0.25) is 14.7 Å². The van der Waals surface area contributed by atoms with E-state index in [9.17, 15) is 14.4 Å². The number of anilines is 1. The smallest absolute Gasteiger partial charge is 0.338 e. The zero-order valence-corrected chi connectivity index (χ0v) is 22.8. The van der Waals surface area contributed by atoms with E-state index in [2.05, 4.69) is 21.3 Å². The Morgan fingerprint density at radius 1 is 1.05 bits per heavy atom. The lowest BCUT2D eigenvalue weighted by atomic mass is 9.76. The second kappa shape index (κ2) is 10.9. The van der Waals surface area contributed by atoms with E-state index in [-0.39, 0.29) is 30.2 Å². The summed E-state index contributed by atoms with van der Waals surface area (Å²) < 4.78 is 1.48. The van der Waals surface area contributed by atoms with Gasteiger partial charge in [0, 0.05) is 58.1 Å². The number of carbonyl (C=O) groups is 2. The van der Waals surface area contributed by atoms with Gasteiger partial charge in [-0.05, 0) is 61.3 Å². The maximum Gasteiger partial charge on any atom is 0.354 e. The van der Waals surface area contributed by atoms with Gasteiger partial charge in [-0.25, -0.2) is 9.59 Å². The molecule has 0 radical (unpaired) electrons. The molecule has 1 aromatic carbocycles. The van der Waals surface area contributed by atoms with Crippen LogP contribution >= 0.6 is 12.4 Å². The Morgan fingerprint density at radius 3 is 2.38 bits per heavy atom. The number of amides is 3. The lowest BCUT2D eigenvalue weighted by molar-refractivity contribution is -0.141. The van der Waals surface area contributed by atoms with Gasteiger partial charge in [0.1, 0.15) is 5.82 Å². The van der Waals surface area contributed by atoms with Crippen LogP contribution in [0.3, 0.4) is 0 Å². The molecule has 1 aromatic heterocycles. The summed E-state index contributed by atoms with van der Waals surface area (Å²) in [4.78, 5) is 48.1. The van der Waals surface area contributed by atoms with E-state index in [4.69, 9.17) is 11.5 Å². The van der Waals surface area contributed by atoms with E-state index in [0.29, 0.717) is 44.1 Å². The molecule has 2 atom stereocenters. The molecule has 0 bridgehead atoms. The largest absolute Gasteiger partial charge is 0.354 e. The molecule has 6 rings (SSSR count). The number of aromatic nitrogens is 2. The summed E-state index contributed by atoms with van der Waals surface area (Å²) in [6, 6.07) is 9.61. The molecule has 2 aliphatic carbocycles. The highest BCUT2D eigenvalue weighted by molar-refractivity contribution is 5.89. The van der Waals surface area contributed by atoms with Gasteiger partial charge in [-0.2, -0.15) is 4.98 Å². The van der Waals surface area contributed by atoms with Gasteiger partial charge in [-0.1, -0.05) is 12.1 Å². The zero-order chi connectivity index (χ0) is 26.4. The number of piperazine rings is 1. The van der Waals surface area contributed by atoms with Crippen molar-refractivity contribution in [2.24, 2.45) is 23.3 Å². The first-order valence-electron chi connectivity index (χ1n) is 13.6. The fourth-order valence-corrected chi connectivity index (χ4v) is 6.05. The summed E-state index contributed by atoms with van der Waals surface area (Å²) >= 11 is 0. The van der Waals surface area contributed by atoms with Gasteiger partial charge in [0.2, 0.25) is 5.91 Å². The number of fused-ring (bicyclic) bond motifs is 1. The molecule has 2 aromatic rings. The third-order valence-corrected chi connectivity index (χ3v) is 8.81. The maximum atomic E-state index is 12.8. The van der Waals surface area contributed by atoms with Gasteiger partial charge in [0.05, 0.1) is 11.2 Å². The van der Waals surface area contributed by atoms with E-state index < -0.39 is 11.2 Å².